The number of nitrogens with one attached hydrogen (secondary N) is 2. The van der Waals surface area contributed by atoms with Gasteiger partial charge < -0.3 is 15.5 Å². The lowest BCUT2D eigenvalue weighted by Gasteiger charge is -2.13. The quantitative estimate of drug-likeness (QED) is 0.426. The van der Waals surface area contributed by atoms with E-state index in [0.717, 1.165) is 24.2 Å². The van der Waals surface area contributed by atoms with Crippen LogP contribution in [0.5, 0.6) is 0 Å². The Morgan fingerprint density at radius 1 is 0.971 bits per heavy atom. The first-order valence-electron chi connectivity index (χ1n) is 11.4. The van der Waals surface area contributed by atoms with Crippen molar-refractivity contribution in [3.63, 3.8) is 0 Å². The molecule has 9 heteroatoms. The van der Waals surface area contributed by atoms with Crippen LogP contribution in [0.25, 0.3) is 11.4 Å². The third kappa shape index (κ3) is 8.08. The largest absolute Gasteiger partial charge is 0.351 e. The molecule has 1 atom stereocenters. The van der Waals surface area contributed by atoms with Gasteiger partial charge in [-0.3, -0.25) is 13.8 Å². The molecule has 0 radical (unpaired) electrons. The van der Waals surface area contributed by atoms with Crippen molar-refractivity contribution in [1.29, 1.82) is 0 Å². The topological polar surface area (TPSA) is 104 Å². The zero-order chi connectivity index (χ0) is 25.2. The van der Waals surface area contributed by atoms with Crippen LogP contribution >= 0.6 is 0 Å². The van der Waals surface area contributed by atoms with E-state index in [1.165, 1.54) is 0 Å². The van der Waals surface area contributed by atoms with E-state index >= 15 is 0 Å². The molecule has 0 bridgehead atoms. The first kappa shape index (κ1) is 26.2. The summed E-state index contributed by atoms with van der Waals surface area (Å²) < 4.78 is 11.3. The SMILES string of the molecule is CN(C)CCCc1cc(C(=O)Nc2ccccc2C(=O)NCCS(C)=O)nc(-c2ccccc2)n1. The second kappa shape index (κ2) is 12.9. The van der Waals surface area contributed by atoms with Crippen LogP contribution in [0.15, 0.2) is 60.7 Å². The van der Waals surface area contributed by atoms with Crippen molar-refractivity contribution in [3.05, 3.63) is 77.6 Å². The highest BCUT2D eigenvalue weighted by Gasteiger charge is 2.17. The zero-order valence-electron chi connectivity index (χ0n) is 20.3. The van der Waals surface area contributed by atoms with Crippen molar-refractivity contribution in [2.75, 3.05) is 44.5 Å². The molecule has 0 saturated heterocycles. The van der Waals surface area contributed by atoms with E-state index in [2.05, 4.69) is 25.5 Å². The highest BCUT2D eigenvalue weighted by molar-refractivity contribution is 7.84. The Hall–Kier alpha value is -3.43. The summed E-state index contributed by atoms with van der Waals surface area (Å²) in [7, 11) is 3.03. The number of aryl methyl sites for hydroxylation is 1. The maximum Gasteiger partial charge on any atom is 0.274 e. The number of para-hydroxylation sites is 1. The number of anilines is 1. The van der Waals surface area contributed by atoms with Crippen LogP contribution in [0.2, 0.25) is 0 Å². The smallest absolute Gasteiger partial charge is 0.274 e. The minimum atomic E-state index is -1.01. The van der Waals surface area contributed by atoms with Gasteiger partial charge in [-0.25, -0.2) is 9.97 Å². The van der Waals surface area contributed by atoms with Crippen LogP contribution in [-0.4, -0.2) is 70.1 Å². The molecule has 0 aliphatic rings. The van der Waals surface area contributed by atoms with E-state index in [4.69, 9.17) is 0 Å². The molecule has 1 aromatic heterocycles. The van der Waals surface area contributed by atoms with Crippen molar-refractivity contribution in [1.82, 2.24) is 20.2 Å². The number of aromatic nitrogens is 2. The van der Waals surface area contributed by atoms with Crippen LogP contribution in [0.3, 0.4) is 0 Å². The summed E-state index contributed by atoms with van der Waals surface area (Å²) in [5.41, 5.74) is 2.54. The minimum Gasteiger partial charge on any atom is -0.351 e. The lowest BCUT2D eigenvalue weighted by atomic mass is 10.1. The number of hydrogen-bond acceptors (Lipinski definition) is 6. The molecule has 0 fully saturated rings. The van der Waals surface area contributed by atoms with E-state index in [9.17, 15) is 13.8 Å². The Morgan fingerprint density at radius 2 is 1.69 bits per heavy atom. The number of carbonyl (C=O) groups is 2. The number of hydrogen-bond donors (Lipinski definition) is 2. The normalized spacial score (nSPS) is 11.8. The summed E-state index contributed by atoms with van der Waals surface area (Å²) in [6.07, 6.45) is 3.18. The van der Waals surface area contributed by atoms with Crippen LogP contribution in [0, 0.1) is 0 Å². The first-order chi connectivity index (χ1) is 16.8. The maximum absolute atomic E-state index is 13.2. The fourth-order valence-corrected chi connectivity index (χ4v) is 3.80. The Kier molecular flexibility index (Phi) is 9.63. The van der Waals surface area contributed by atoms with E-state index < -0.39 is 16.7 Å². The fourth-order valence-electron chi connectivity index (χ4n) is 3.41. The van der Waals surface area contributed by atoms with Crippen LogP contribution in [0.1, 0.15) is 33.0 Å². The Labute approximate surface area is 208 Å². The maximum atomic E-state index is 13.2. The highest BCUT2D eigenvalue weighted by atomic mass is 32.2. The summed E-state index contributed by atoms with van der Waals surface area (Å²) in [5.74, 6) is 0.0773. The molecule has 1 unspecified atom stereocenters. The molecule has 2 N–H and O–H groups in total. The third-order valence-corrected chi connectivity index (χ3v) is 5.96. The molecule has 0 aliphatic carbocycles. The van der Waals surface area contributed by atoms with E-state index in [1.807, 2.05) is 44.4 Å². The molecule has 0 spiro atoms. The second-order valence-corrected chi connectivity index (χ2v) is 9.93. The fraction of sp³-hybridized carbons (Fsp3) is 0.308. The number of rotatable bonds is 11. The van der Waals surface area contributed by atoms with Crippen LogP contribution in [-0.2, 0) is 17.2 Å². The van der Waals surface area contributed by atoms with Gasteiger partial charge in [-0.05, 0) is 51.7 Å². The molecule has 2 aromatic carbocycles. The average Bonchev–Trinajstić information content (AvgIpc) is 2.84. The standard InChI is InChI=1S/C26H31N5O3S/c1-31(2)16-9-12-20-18-23(29-24(28-20)19-10-5-4-6-11-19)26(33)30-22-14-8-7-13-21(22)25(32)27-15-17-35(3)34/h4-8,10-11,13-14,18H,9,12,15-17H2,1-3H3,(H,27,32)(H,30,33). The molecule has 3 aromatic rings. The Morgan fingerprint density at radius 3 is 2.40 bits per heavy atom. The molecule has 3 rings (SSSR count). The third-order valence-electron chi connectivity index (χ3n) is 5.18. The van der Waals surface area contributed by atoms with Crippen molar-refractivity contribution in [3.8, 4) is 11.4 Å². The van der Waals surface area contributed by atoms with E-state index in [1.54, 1.807) is 36.6 Å². The van der Waals surface area contributed by atoms with Gasteiger partial charge in [0, 0.05) is 40.6 Å². The number of amides is 2. The predicted octanol–water partition coefficient (Wildman–Crippen LogP) is 3.00. The van der Waals surface area contributed by atoms with Gasteiger partial charge in [0.2, 0.25) is 0 Å². The van der Waals surface area contributed by atoms with Crippen molar-refractivity contribution in [2.45, 2.75) is 12.8 Å². The lowest BCUT2D eigenvalue weighted by molar-refractivity contribution is 0.0957. The summed E-state index contributed by atoms with van der Waals surface area (Å²) >= 11 is 0. The van der Waals surface area contributed by atoms with Crippen LogP contribution < -0.4 is 10.6 Å². The summed E-state index contributed by atoms with van der Waals surface area (Å²) in [4.78, 5) is 37.2. The van der Waals surface area contributed by atoms with Gasteiger partial charge in [-0.2, -0.15) is 0 Å². The zero-order valence-corrected chi connectivity index (χ0v) is 21.1. The van der Waals surface area contributed by atoms with Gasteiger partial charge in [0.25, 0.3) is 11.8 Å². The molecule has 35 heavy (non-hydrogen) atoms. The molecule has 0 saturated carbocycles. The number of carbonyl (C=O) groups excluding carboxylic acids is 2. The molecular formula is C26H31N5O3S. The van der Waals surface area contributed by atoms with Gasteiger partial charge in [0.15, 0.2) is 5.82 Å². The Balaban J connectivity index is 1.84. The van der Waals surface area contributed by atoms with Crippen molar-refractivity contribution < 1.29 is 13.8 Å². The van der Waals surface area contributed by atoms with Gasteiger partial charge in [0.05, 0.1) is 11.3 Å². The molecule has 8 nitrogen and oxygen atoms in total. The van der Waals surface area contributed by atoms with Gasteiger partial charge >= 0.3 is 0 Å². The predicted molar refractivity (Wildman–Crippen MR) is 140 cm³/mol. The molecular weight excluding hydrogens is 462 g/mol. The van der Waals surface area contributed by atoms with E-state index in [-0.39, 0.29) is 18.1 Å². The molecule has 0 aliphatic heterocycles. The average molecular weight is 494 g/mol. The first-order valence-corrected chi connectivity index (χ1v) is 13.1. The summed E-state index contributed by atoms with van der Waals surface area (Å²) in [5, 5.41) is 5.57. The van der Waals surface area contributed by atoms with Crippen molar-refractivity contribution >= 4 is 28.3 Å². The Bertz CT molecular complexity index is 1180. The second-order valence-electron chi connectivity index (χ2n) is 8.37. The van der Waals surface area contributed by atoms with Gasteiger partial charge in [0.1, 0.15) is 5.69 Å². The van der Waals surface area contributed by atoms with Crippen molar-refractivity contribution in [2.24, 2.45) is 0 Å². The van der Waals surface area contributed by atoms with Crippen LogP contribution in [0.4, 0.5) is 5.69 Å². The van der Waals surface area contributed by atoms with Gasteiger partial charge in [-0.15, -0.1) is 0 Å². The summed E-state index contributed by atoms with van der Waals surface area (Å²) in [6.45, 7) is 1.19. The molecule has 2 amide bonds. The lowest BCUT2D eigenvalue weighted by Crippen LogP contribution is -2.28. The number of nitrogens with zero attached hydrogens (tertiary/aromatic N) is 3. The highest BCUT2D eigenvalue weighted by Crippen LogP contribution is 2.19. The monoisotopic (exact) mass is 493 g/mol. The molecule has 184 valence electrons. The summed E-state index contributed by atoms with van der Waals surface area (Å²) in [6, 6.07) is 18.0. The molecule has 1 heterocycles. The van der Waals surface area contributed by atoms with Gasteiger partial charge in [-0.1, -0.05) is 42.5 Å². The minimum absolute atomic E-state index is 0.232. The number of benzene rings is 2. The van der Waals surface area contributed by atoms with E-state index in [0.29, 0.717) is 29.2 Å².